The van der Waals surface area contributed by atoms with E-state index in [2.05, 4.69) is 18.8 Å². The number of primary amides is 1. The first kappa shape index (κ1) is 15.6. The van der Waals surface area contributed by atoms with E-state index in [1.807, 2.05) is 24.0 Å². The number of carbonyl (C=O) groups is 1. The number of aromatic nitrogens is 1. The number of nitrogens with two attached hydrogens (primary N) is 2. The van der Waals surface area contributed by atoms with Crippen molar-refractivity contribution in [3.8, 4) is 0 Å². The van der Waals surface area contributed by atoms with E-state index in [1.54, 1.807) is 12.4 Å². The zero-order chi connectivity index (χ0) is 14.4. The number of hydrogen-bond donors (Lipinski definition) is 2. The van der Waals surface area contributed by atoms with Gasteiger partial charge in [0.15, 0.2) is 0 Å². The Morgan fingerprint density at radius 2 is 2.11 bits per heavy atom. The van der Waals surface area contributed by atoms with Gasteiger partial charge >= 0.3 is 0 Å². The zero-order valence-electron chi connectivity index (χ0n) is 11.9. The van der Waals surface area contributed by atoms with Gasteiger partial charge in [0, 0.05) is 25.0 Å². The molecule has 106 valence electrons. The van der Waals surface area contributed by atoms with Crippen molar-refractivity contribution in [2.45, 2.75) is 32.9 Å². The standard InChI is InChI=1S/C14H24N4O/c1-10(2)8-18(9-13(16)19)14(11(3)15)12-5-4-6-17-7-12/h4-7,10-11,14H,8-9,15H2,1-3H3,(H2,16,19). The lowest BCUT2D eigenvalue weighted by Crippen LogP contribution is -2.45. The molecule has 0 aliphatic rings. The predicted molar refractivity (Wildman–Crippen MR) is 76.2 cm³/mol. The third-order valence-corrected chi connectivity index (χ3v) is 2.88. The highest BCUT2D eigenvalue weighted by atomic mass is 16.1. The van der Waals surface area contributed by atoms with Crippen molar-refractivity contribution in [2.75, 3.05) is 13.1 Å². The summed E-state index contributed by atoms with van der Waals surface area (Å²) in [6.45, 7) is 7.13. The van der Waals surface area contributed by atoms with Crippen molar-refractivity contribution in [1.82, 2.24) is 9.88 Å². The van der Waals surface area contributed by atoms with Gasteiger partial charge in [0.1, 0.15) is 0 Å². The van der Waals surface area contributed by atoms with E-state index in [0.717, 1.165) is 12.1 Å². The smallest absolute Gasteiger partial charge is 0.231 e. The lowest BCUT2D eigenvalue weighted by Gasteiger charge is -2.34. The molecule has 19 heavy (non-hydrogen) atoms. The number of amides is 1. The molecule has 5 nitrogen and oxygen atoms in total. The van der Waals surface area contributed by atoms with E-state index in [-0.39, 0.29) is 24.5 Å². The van der Waals surface area contributed by atoms with E-state index >= 15 is 0 Å². The summed E-state index contributed by atoms with van der Waals surface area (Å²) in [6.07, 6.45) is 3.52. The van der Waals surface area contributed by atoms with E-state index in [4.69, 9.17) is 11.5 Å². The lowest BCUT2D eigenvalue weighted by molar-refractivity contribution is -0.120. The Balaban J connectivity index is 3.01. The topological polar surface area (TPSA) is 85.2 Å². The van der Waals surface area contributed by atoms with Gasteiger partial charge in [-0.15, -0.1) is 0 Å². The van der Waals surface area contributed by atoms with Crippen LogP contribution in [0.4, 0.5) is 0 Å². The van der Waals surface area contributed by atoms with Gasteiger partial charge in [-0.2, -0.15) is 0 Å². The molecule has 1 amide bonds. The number of nitrogens with zero attached hydrogens (tertiary/aromatic N) is 2. The van der Waals surface area contributed by atoms with Crippen LogP contribution in [0.3, 0.4) is 0 Å². The van der Waals surface area contributed by atoms with E-state index < -0.39 is 0 Å². The van der Waals surface area contributed by atoms with E-state index in [0.29, 0.717) is 5.92 Å². The van der Waals surface area contributed by atoms with Crippen LogP contribution in [0.25, 0.3) is 0 Å². The third-order valence-electron chi connectivity index (χ3n) is 2.88. The summed E-state index contributed by atoms with van der Waals surface area (Å²) in [4.78, 5) is 17.4. The molecule has 2 atom stereocenters. The van der Waals surface area contributed by atoms with Crippen LogP contribution in [0.1, 0.15) is 32.4 Å². The van der Waals surface area contributed by atoms with Crippen LogP contribution in [0.2, 0.25) is 0 Å². The largest absolute Gasteiger partial charge is 0.369 e. The van der Waals surface area contributed by atoms with Gasteiger partial charge in [-0.05, 0) is 24.5 Å². The van der Waals surface area contributed by atoms with E-state index in [1.165, 1.54) is 0 Å². The molecule has 0 aliphatic heterocycles. The van der Waals surface area contributed by atoms with Crippen LogP contribution >= 0.6 is 0 Å². The first-order chi connectivity index (χ1) is 8.91. The fraction of sp³-hybridized carbons (Fsp3) is 0.571. The van der Waals surface area contributed by atoms with Crippen LogP contribution in [0.15, 0.2) is 24.5 Å². The molecule has 0 spiro atoms. The fourth-order valence-electron chi connectivity index (χ4n) is 2.34. The lowest BCUT2D eigenvalue weighted by atomic mass is 9.99. The maximum Gasteiger partial charge on any atom is 0.231 e. The van der Waals surface area contributed by atoms with Crippen molar-refractivity contribution >= 4 is 5.91 Å². The first-order valence-corrected chi connectivity index (χ1v) is 6.59. The molecule has 0 bridgehead atoms. The Labute approximate surface area is 115 Å². The minimum Gasteiger partial charge on any atom is -0.369 e. The fourth-order valence-corrected chi connectivity index (χ4v) is 2.34. The second-order valence-electron chi connectivity index (χ2n) is 5.38. The van der Waals surface area contributed by atoms with Crippen molar-refractivity contribution in [3.63, 3.8) is 0 Å². The molecule has 1 aromatic rings. The molecule has 5 heteroatoms. The second kappa shape index (κ2) is 7.21. The molecule has 4 N–H and O–H groups in total. The summed E-state index contributed by atoms with van der Waals surface area (Å²) in [5, 5.41) is 0. The molecule has 0 saturated heterocycles. The summed E-state index contributed by atoms with van der Waals surface area (Å²) in [5.74, 6) is 0.0902. The normalized spacial score (nSPS) is 14.6. The Hall–Kier alpha value is -1.46. The Bertz CT molecular complexity index is 392. The second-order valence-corrected chi connectivity index (χ2v) is 5.38. The van der Waals surface area contributed by atoms with Crippen LogP contribution < -0.4 is 11.5 Å². The number of rotatable bonds is 7. The molecule has 1 aromatic heterocycles. The summed E-state index contributed by atoms with van der Waals surface area (Å²) in [6, 6.07) is 3.70. The maximum absolute atomic E-state index is 11.3. The van der Waals surface area contributed by atoms with Crippen LogP contribution in [0.5, 0.6) is 0 Å². The average molecular weight is 264 g/mol. The number of pyridine rings is 1. The first-order valence-electron chi connectivity index (χ1n) is 6.59. The molecular formula is C14H24N4O. The number of carbonyl (C=O) groups excluding carboxylic acids is 1. The minimum atomic E-state index is -0.338. The van der Waals surface area contributed by atoms with Gasteiger partial charge in [0.25, 0.3) is 0 Å². The SMILES string of the molecule is CC(C)CN(CC(N)=O)C(c1cccnc1)C(C)N. The highest BCUT2D eigenvalue weighted by molar-refractivity contribution is 5.76. The van der Waals surface area contributed by atoms with Gasteiger partial charge in [0.2, 0.25) is 5.91 Å². The third kappa shape index (κ3) is 4.96. The Morgan fingerprint density at radius 1 is 1.42 bits per heavy atom. The average Bonchev–Trinajstić information content (AvgIpc) is 2.28. The van der Waals surface area contributed by atoms with Crippen molar-refractivity contribution in [3.05, 3.63) is 30.1 Å². The van der Waals surface area contributed by atoms with Crippen molar-refractivity contribution < 1.29 is 4.79 Å². The summed E-state index contributed by atoms with van der Waals surface area (Å²) in [5.41, 5.74) is 12.5. The van der Waals surface area contributed by atoms with Gasteiger partial charge in [-0.1, -0.05) is 19.9 Å². The van der Waals surface area contributed by atoms with Gasteiger partial charge in [-0.25, -0.2) is 0 Å². The van der Waals surface area contributed by atoms with Crippen LogP contribution in [-0.4, -0.2) is 34.9 Å². The molecule has 0 aromatic carbocycles. The quantitative estimate of drug-likeness (QED) is 0.766. The minimum absolute atomic E-state index is 0.0522. The molecule has 2 unspecified atom stereocenters. The molecule has 0 fully saturated rings. The molecule has 1 rings (SSSR count). The van der Waals surface area contributed by atoms with Crippen molar-refractivity contribution in [2.24, 2.45) is 17.4 Å². The highest BCUT2D eigenvalue weighted by Gasteiger charge is 2.26. The van der Waals surface area contributed by atoms with Crippen LogP contribution in [0, 0.1) is 5.92 Å². The summed E-state index contributed by atoms with van der Waals surface area (Å²) in [7, 11) is 0. The maximum atomic E-state index is 11.3. The summed E-state index contributed by atoms with van der Waals surface area (Å²) >= 11 is 0. The summed E-state index contributed by atoms with van der Waals surface area (Å²) < 4.78 is 0. The molecule has 0 saturated carbocycles. The van der Waals surface area contributed by atoms with Crippen molar-refractivity contribution in [1.29, 1.82) is 0 Å². The van der Waals surface area contributed by atoms with Gasteiger partial charge < -0.3 is 11.5 Å². The molecular weight excluding hydrogens is 240 g/mol. The monoisotopic (exact) mass is 264 g/mol. The molecule has 0 radical (unpaired) electrons. The van der Waals surface area contributed by atoms with E-state index in [9.17, 15) is 4.79 Å². The van der Waals surface area contributed by atoms with Crippen LogP contribution in [-0.2, 0) is 4.79 Å². The Morgan fingerprint density at radius 3 is 2.53 bits per heavy atom. The Kier molecular flexibility index (Phi) is 5.92. The zero-order valence-corrected chi connectivity index (χ0v) is 11.9. The number of hydrogen-bond acceptors (Lipinski definition) is 4. The van der Waals surface area contributed by atoms with Gasteiger partial charge in [0.05, 0.1) is 12.6 Å². The molecule has 0 aliphatic carbocycles. The predicted octanol–water partition coefficient (Wildman–Crippen LogP) is 0.913. The highest BCUT2D eigenvalue weighted by Crippen LogP contribution is 2.23. The molecule has 1 heterocycles. The van der Waals surface area contributed by atoms with Gasteiger partial charge in [-0.3, -0.25) is 14.7 Å².